The van der Waals surface area contributed by atoms with E-state index < -0.39 is 0 Å². The van der Waals surface area contributed by atoms with Crippen LogP contribution < -0.4 is 0 Å². The Bertz CT molecular complexity index is 121. The molecule has 0 fully saturated rings. The number of ether oxygens (including phenoxy) is 1. The maximum absolute atomic E-state index is 5.13. The minimum absolute atomic E-state index is 0.924. The third-order valence-electron chi connectivity index (χ3n) is 1.47. The number of rotatable bonds is 5. The first kappa shape index (κ1) is 19.9. The molecule has 0 saturated carbocycles. The van der Waals surface area contributed by atoms with Crippen LogP contribution in [0.15, 0.2) is 24.3 Å². The zero-order valence-corrected chi connectivity index (χ0v) is 11.6. The van der Waals surface area contributed by atoms with Crippen LogP contribution >= 0.6 is 0 Å². The fourth-order valence-electron chi connectivity index (χ4n) is 0.509. The van der Waals surface area contributed by atoms with Gasteiger partial charge in [0.2, 0.25) is 0 Å². The van der Waals surface area contributed by atoms with Crippen LogP contribution in [0.1, 0.15) is 54.4 Å². The first-order valence-electron chi connectivity index (χ1n) is 6.05. The predicted octanol–water partition coefficient (Wildman–Crippen LogP) is 4.99. The normalized spacial score (nSPS) is 9.33. The van der Waals surface area contributed by atoms with Crippen LogP contribution in [0.3, 0.4) is 0 Å². The Morgan fingerprint density at radius 1 is 1.13 bits per heavy atom. The van der Waals surface area contributed by atoms with Crippen molar-refractivity contribution in [1.82, 2.24) is 0 Å². The summed E-state index contributed by atoms with van der Waals surface area (Å²) in [6.07, 6.45) is 6.13. The van der Waals surface area contributed by atoms with Crippen molar-refractivity contribution in [1.29, 1.82) is 0 Å². The summed E-state index contributed by atoms with van der Waals surface area (Å²) in [6.45, 7) is 17.7. The second-order valence-corrected chi connectivity index (χ2v) is 2.85. The van der Waals surface area contributed by atoms with Crippen LogP contribution in [0.25, 0.3) is 0 Å². The molecule has 0 bridgehead atoms. The Morgan fingerprint density at radius 2 is 1.53 bits per heavy atom. The van der Waals surface area contributed by atoms with Crippen molar-refractivity contribution >= 4 is 0 Å². The molecule has 15 heavy (non-hydrogen) atoms. The lowest BCUT2D eigenvalue weighted by Crippen LogP contribution is -1.92. The third-order valence-corrected chi connectivity index (χ3v) is 1.47. The van der Waals surface area contributed by atoms with Crippen molar-refractivity contribution in [3.63, 3.8) is 0 Å². The van der Waals surface area contributed by atoms with Gasteiger partial charge in [-0.25, -0.2) is 0 Å². The van der Waals surface area contributed by atoms with E-state index in [2.05, 4.69) is 20.4 Å². The average molecular weight is 214 g/mol. The predicted molar refractivity (Wildman–Crippen MR) is 72.4 cm³/mol. The summed E-state index contributed by atoms with van der Waals surface area (Å²) in [5.74, 6) is 0. The number of allylic oxidation sites excluding steroid dienone is 3. The molecule has 0 aromatic rings. The van der Waals surface area contributed by atoms with Crippen LogP contribution in [0.4, 0.5) is 0 Å². The molecule has 92 valence electrons. The van der Waals surface area contributed by atoms with E-state index in [1.54, 1.807) is 0 Å². The molecule has 0 heterocycles. The standard InChI is InChI=1S/C6H14O.C6H10.C2H6/c1-3-5-7-6-4-2;1-4-6(3)5-2;1-2/h3-6H2,1-2H3;4-5H,1H2,2-3H3;1-2H3/b;6-5-;. The second kappa shape index (κ2) is 23.3. The van der Waals surface area contributed by atoms with Gasteiger partial charge < -0.3 is 4.74 Å². The van der Waals surface area contributed by atoms with E-state index in [0.717, 1.165) is 26.1 Å². The fourth-order valence-corrected chi connectivity index (χ4v) is 0.509. The molecule has 0 aliphatic heterocycles. The van der Waals surface area contributed by atoms with Gasteiger partial charge in [0, 0.05) is 13.2 Å². The minimum Gasteiger partial charge on any atom is -0.381 e. The van der Waals surface area contributed by atoms with Crippen molar-refractivity contribution < 1.29 is 4.74 Å². The monoisotopic (exact) mass is 214 g/mol. The van der Waals surface area contributed by atoms with Gasteiger partial charge in [0.25, 0.3) is 0 Å². The minimum atomic E-state index is 0.924. The van der Waals surface area contributed by atoms with E-state index in [9.17, 15) is 0 Å². The summed E-state index contributed by atoms with van der Waals surface area (Å²) in [7, 11) is 0. The summed E-state index contributed by atoms with van der Waals surface area (Å²) < 4.78 is 5.13. The first-order valence-corrected chi connectivity index (χ1v) is 6.05. The summed E-state index contributed by atoms with van der Waals surface area (Å²) in [6, 6.07) is 0. The van der Waals surface area contributed by atoms with Crippen LogP contribution in [0.2, 0.25) is 0 Å². The molecule has 1 heteroatoms. The second-order valence-electron chi connectivity index (χ2n) is 2.85. The molecule has 0 aliphatic rings. The van der Waals surface area contributed by atoms with Gasteiger partial charge in [0.15, 0.2) is 0 Å². The molecule has 0 aliphatic carbocycles. The van der Waals surface area contributed by atoms with Gasteiger partial charge in [0.1, 0.15) is 0 Å². The zero-order chi connectivity index (χ0) is 12.5. The smallest absolute Gasteiger partial charge is 0.0463 e. The molecule has 0 aromatic heterocycles. The molecule has 0 unspecified atom stereocenters. The van der Waals surface area contributed by atoms with Crippen molar-refractivity contribution in [2.45, 2.75) is 54.4 Å². The Labute approximate surface area is 97.2 Å². The van der Waals surface area contributed by atoms with Crippen molar-refractivity contribution in [3.05, 3.63) is 24.3 Å². The van der Waals surface area contributed by atoms with Gasteiger partial charge >= 0.3 is 0 Å². The van der Waals surface area contributed by atoms with Crippen molar-refractivity contribution in [2.24, 2.45) is 0 Å². The summed E-state index contributed by atoms with van der Waals surface area (Å²) >= 11 is 0. The molecular weight excluding hydrogens is 184 g/mol. The highest BCUT2D eigenvalue weighted by molar-refractivity contribution is 5.10. The zero-order valence-electron chi connectivity index (χ0n) is 11.6. The molecule has 0 radical (unpaired) electrons. The maximum Gasteiger partial charge on any atom is 0.0463 e. The van der Waals surface area contributed by atoms with Gasteiger partial charge in [-0.15, -0.1) is 0 Å². The van der Waals surface area contributed by atoms with Gasteiger partial charge in [-0.05, 0) is 26.7 Å². The first-order chi connectivity index (χ1) is 7.22. The van der Waals surface area contributed by atoms with E-state index in [1.165, 1.54) is 5.57 Å². The summed E-state index contributed by atoms with van der Waals surface area (Å²) in [4.78, 5) is 0. The van der Waals surface area contributed by atoms with Crippen molar-refractivity contribution in [2.75, 3.05) is 13.2 Å². The quantitative estimate of drug-likeness (QED) is 0.463. The molecule has 1 nitrogen and oxygen atoms in total. The number of hydrogen-bond acceptors (Lipinski definition) is 1. The third kappa shape index (κ3) is 31.8. The maximum atomic E-state index is 5.13. The molecule has 0 N–H and O–H groups in total. The molecule has 0 spiro atoms. The molecule has 0 atom stereocenters. The topological polar surface area (TPSA) is 9.23 Å². The van der Waals surface area contributed by atoms with E-state index in [-0.39, 0.29) is 0 Å². The fraction of sp³-hybridized carbons (Fsp3) is 0.714. The molecule has 0 aromatic carbocycles. The number of hydrogen-bond donors (Lipinski definition) is 0. The molecule has 0 saturated heterocycles. The lowest BCUT2D eigenvalue weighted by Gasteiger charge is -1.95. The van der Waals surface area contributed by atoms with Crippen LogP contribution in [0.5, 0.6) is 0 Å². The Hall–Kier alpha value is -0.560. The Morgan fingerprint density at radius 3 is 1.67 bits per heavy atom. The van der Waals surface area contributed by atoms with Crippen LogP contribution in [-0.4, -0.2) is 13.2 Å². The Kier molecular flexibility index (Phi) is 31.0. The highest BCUT2D eigenvalue weighted by Gasteiger charge is 1.77. The lowest BCUT2D eigenvalue weighted by atomic mass is 10.3. The van der Waals surface area contributed by atoms with Gasteiger partial charge in [-0.1, -0.05) is 52.0 Å². The van der Waals surface area contributed by atoms with E-state index >= 15 is 0 Å². The van der Waals surface area contributed by atoms with Gasteiger partial charge in [0.05, 0.1) is 0 Å². The lowest BCUT2D eigenvalue weighted by molar-refractivity contribution is 0.135. The largest absolute Gasteiger partial charge is 0.381 e. The van der Waals surface area contributed by atoms with E-state index in [1.807, 2.05) is 39.8 Å². The van der Waals surface area contributed by atoms with Crippen LogP contribution in [0, 0.1) is 0 Å². The van der Waals surface area contributed by atoms with Crippen LogP contribution in [-0.2, 0) is 4.74 Å². The Balaban J connectivity index is -0.000000166. The summed E-state index contributed by atoms with van der Waals surface area (Å²) in [5.41, 5.74) is 1.23. The molecular formula is C14H30O. The van der Waals surface area contributed by atoms with E-state index in [4.69, 9.17) is 4.74 Å². The molecule has 0 amide bonds. The van der Waals surface area contributed by atoms with Crippen molar-refractivity contribution in [3.8, 4) is 0 Å². The highest BCUT2D eigenvalue weighted by Crippen LogP contribution is 1.88. The van der Waals surface area contributed by atoms with E-state index in [0.29, 0.717) is 0 Å². The molecule has 0 rings (SSSR count). The average Bonchev–Trinajstić information content (AvgIpc) is 2.32. The van der Waals surface area contributed by atoms with Gasteiger partial charge in [-0.3, -0.25) is 0 Å². The summed E-state index contributed by atoms with van der Waals surface area (Å²) in [5, 5.41) is 0. The highest BCUT2D eigenvalue weighted by atomic mass is 16.5. The van der Waals surface area contributed by atoms with Gasteiger partial charge in [-0.2, -0.15) is 0 Å². The SMILES string of the molecule is C=C/C(C)=C\C.CC.CCCOCCC.